The first kappa shape index (κ1) is 11.2. The number of carbonyl (C=O) groups is 2. The van der Waals surface area contributed by atoms with Crippen molar-refractivity contribution in [1.82, 2.24) is 0 Å². The van der Waals surface area contributed by atoms with Gasteiger partial charge < -0.3 is 0 Å². The molecule has 0 aliphatic heterocycles. The Kier molecular flexibility index (Phi) is 2.04. The molecular weight excluding hydrogens is 212 g/mol. The predicted octanol–water partition coefficient (Wildman–Crippen LogP) is 2.92. The molecule has 3 atom stereocenters. The van der Waals surface area contributed by atoms with E-state index in [4.69, 9.17) is 0 Å². The molecule has 1 spiro atoms. The number of carbonyl (C=O) groups excluding carboxylic acids is 2. The molecule has 3 saturated carbocycles. The second-order valence-corrected chi connectivity index (χ2v) is 6.64. The molecule has 2 bridgehead atoms. The summed E-state index contributed by atoms with van der Waals surface area (Å²) in [5, 5.41) is 0. The molecule has 3 aliphatic carbocycles. The van der Waals surface area contributed by atoms with Gasteiger partial charge in [-0.2, -0.15) is 0 Å². The Hall–Kier alpha value is -0.920. The fourth-order valence-corrected chi connectivity index (χ4v) is 5.06. The normalized spacial score (nSPS) is 43.8. The first-order valence-corrected chi connectivity index (χ1v) is 6.65. The van der Waals surface area contributed by atoms with E-state index in [0.717, 1.165) is 24.8 Å². The van der Waals surface area contributed by atoms with Gasteiger partial charge in [0, 0.05) is 24.2 Å². The minimum atomic E-state index is -0.263. The van der Waals surface area contributed by atoms with E-state index in [1.54, 1.807) is 0 Å². The van der Waals surface area contributed by atoms with Crippen LogP contribution < -0.4 is 0 Å². The first-order valence-electron chi connectivity index (χ1n) is 6.65. The maximum absolute atomic E-state index is 12.5. The Labute approximate surface area is 102 Å². The lowest BCUT2D eigenvalue weighted by molar-refractivity contribution is -0.155. The Bertz CT molecular complexity index is 432. The van der Waals surface area contributed by atoms with E-state index in [-0.39, 0.29) is 22.7 Å². The van der Waals surface area contributed by atoms with Crippen molar-refractivity contribution in [3.05, 3.63) is 12.2 Å². The highest BCUT2D eigenvalue weighted by atomic mass is 16.1. The molecule has 2 nitrogen and oxygen atoms in total. The molecule has 3 fully saturated rings. The second kappa shape index (κ2) is 3.09. The van der Waals surface area contributed by atoms with Gasteiger partial charge in [-0.3, -0.25) is 9.59 Å². The lowest BCUT2D eigenvalue weighted by Gasteiger charge is -2.53. The molecule has 0 saturated heterocycles. The maximum atomic E-state index is 12.5. The average Bonchev–Trinajstić information content (AvgIpc) is 2.34. The van der Waals surface area contributed by atoms with Gasteiger partial charge in [-0.05, 0) is 30.6 Å². The predicted molar refractivity (Wildman–Crippen MR) is 65.4 cm³/mol. The molecule has 0 N–H and O–H groups in total. The quantitative estimate of drug-likeness (QED) is 0.602. The topological polar surface area (TPSA) is 34.1 Å². The molecular formula is C15H20O2. The van der Waals surface area contributed by atoms with Crippen LogP contribution in [0.4, 0.5) is 0 Å². The van der Waals surface area contributed by atoms with Crippen LogP contribution in [0.1, 0.15) is 46.0 Å². The van der Waals surface area contributed by atoms with Gasteiger partial charge >= 0.3 is 0 Å². The summed E-state index contributed by atoms with van der Waals surface area (Å²) in [6, 6.07) is 0. The summed E-state index contributed by atoms with van der Waals surface area (Å²) >= 11 is 0. The summed E-state index contributed by atoms with van der Waals surface area (Å²) in [6.45, 7) is 8.32. The molecule has 0 radical (unpaired) electrons. The number of hydrogen-bond donors (Lipinski definition) is 0. The SMILES string of the molecule is C=C1C[C@]23C(=O)CCC[C@H]2CC(=O)[C@H]1C3(C)C. The molecule has 3 aliphatic rings. The number of Topliss-reactive ketones (excluding diaryl/α,β-unsaturated/α-hetero) is 2. The lowest BCUT2D eigenvalue weighted by atomic mass is 9.48. The van der Waals surface area contributed by atoms with Crippen LogP contribution in [-0.2, 0) is 9.59 Å². The third kappa shape index (κ3) is 1.07. The number of ketones is 2. The van der Waals surface area contributed by atoms with Crippen LogP contribution in [0.3, 0.4) is 0 Å². The third-order valence-corrected chi connectivity index (χ3v) is 5.71. The first-order chi connectivity index (χ1) is 7.91. The van der Waals surface area contributed by atoms with Gasteiger partial charge in [0.25, 0.3) is 0 Å². The van der Waals surface area contributed by atoms with Crippen LogP contribution in [0.15, 0.2) is 12.2 Å². The summed E-state index contributed by atoms with van der Waals surface area (Å²) in [5.41, 5.74) is 0.542. The van der Waals surface area contributed by atoms with Crippen molar-refractivity contribution in [2.45, 2.75) is 46.0 Å². The monoisotopic (exact) mass is 232 g/mol. The van der Waals surface area contributed by atoms with E-state index in [9.17, 15) is 9.59 Å². The zero-order valence-electron chi connectivity index (χ0n) is 10.7. The fraction of sp³-hybridized carbons (Fsp3) is 0.733. The van der Waals surface area contributed by atoms with E-state index in [0.29, 0.717) is 24.4 Å². The van der Waals surface area contributed by atoms with Crippen LogP contribution in [0.25, 0.3) is 0 Å². The van der Waals surface area contributed by atoms with Crippen molar-refractivity contribution in [2.24, 2.45) is 22.7 Å². The minimum Gasteiger partial charge on any atom is -0.299 e. The molecule has 3 rings (SSSR count). The highest BCUT2D eigenvalue weighted by molar-refractivity contribution is 5.96. The Balaban J connectivity index is 2.20. The van der Waals surface area contributed by atoms with Gasteiger partial charge in [0.1, 0.15) is 11.6 Å². The summed E-state index contributed by atoms with van der Waals surface area (Å²) in [6.07, 6.45) is 4.08. The smallest absolute Gasteiger partial charge is 0.140 e. The van der Waals surface area contributed by atoms with E-state index in [1.807, 2.05) is 0 Å². The Morgan fingerprint density at radius 2 is 2.00 bits per heavy atom. The molecule has 0 unspecified atom stereocenters. The highest BCUT2D eigenvalue weighted by Gasteiger charge is 2.68. The van der Waals surface area contributed by atoms with Gasteiger partial charge in [0.05, 0.1) is 0 Å². The largest absolute Gasteiger partial charge is 0.299 e. The zero-order valence-corrected chi connectivity index (χ0v) is 10.7. The fourth-order valence-electron chi connectivity index (χ4n) is 5.06. The van der Waals surface area contributed by atoms with Gasteiger partial charge in [-0.1, -0.05) is 26.0 Å². The summed E-state index contributed by atoms with van der Waals surface area (Å²) in [7, 11) is 0. The third-order valence-electron chi connectivity index (χ3n) is 5.71. The van der Waals surface area contributed by atoms with Crippen molar-refractivity contribution in [3.8, 4) is 0 Å². The van der Waals surface area contributed by atoms with Gasteiger partial charge in [0.15, 0.2) is 0 Å². The van der Waals surface area contributed by atoms with Crippen LogP contribution in [0.5, 0.6) is 0 Å². The minimum absolute atomic E-state index is 0.0687. The average molecular weight is 232 g/mol. The van der Waals surface area contributed by atoms with Gasteiger partial charge in [-0.15, -0.1) is 0 Å². The summed E-state index contributed by atoms with van der Waals surface area (Å²) in [4.78, 5) is 24.8. The summed E-state index contributed by atoms with van der Waals surface area (Å²) < 4.78 is 0. The van der Waals surface area contributed by atoms with Gasteiger partial charge in [-0.25, -0.2) is 0 Å². The van der Waals surface area contributed by atoms with E-state index >= 15 is 0 Å². The van der Waals surface area contributed by atoms with Crippen molar-refractivity contribution in [1.29, 1.82) is 0 Å². The summed E-state index contributed by atoms with van der Waals surface area (Å²) in [5.74, 6) is 0.935. The molecule has 92 valence electrons. The van der Waals surface area contributed by atoms with E-state index < -0.39 is 0 Å². The molecule has 0 aromatic rings. The number of hydrogen-bond acceptors (Lipinski definition) is 2. The van der Waals surface area contributed by atoms with Crippen LogP contribution >= 0.6 is 0 Å². The standard InChI is InChI=1S/C15H20O2/c1-9-8-15-10(5-4-6-12(15)17)7-11(16)13(9)14(15,2)3/h10,13H,1,4-8H2,2-3H3/t10-,13-,15+/m0/s1. The molecule has 0 heterocycles. The zero-order chi connectivity index (χ0) is 12.4. The molecule has 0 aromatic heterocycles. The van der Waals surface area contributed by atoms with Crippen LogP contribution in [0.2, 0.25) is 0 Å². The van der Waals surface area contributed by atoms with E-state index in [2.05, 4.69) is 20.4 Å². The van der Waals surface area contributed by atoms with Crippen LogP contribution in [-0.4, -0.2) is 11.6 Å². The highest BCUT2D eigenvalue weighted by Crippen LogP contribution is 2.68. The van der Waals surface area contributed by atoms with Gasteiger partial charge in [0.2, 0.25) is 0 Å². The van der Waals surface area contributed by atoms with E-state index in [1.165, 1.54) is 0 Å². The molecule has 0 amide bonds. The lowest BCUT2D eigenvalue weighted by Crippen LogP contribution is -2.55. The van der Waals surface area contributed by atoms with Crippen molar-refractivity contribution in [3.63, 3.8) is 0 Å². The molecule has 0 aromatic carbocycles. The Morgan fingerprint density at radius 1 is 1.29 bits per heavy atom. The Morgan fingerprint density at radius 3 is 2.71 bits per heavy atom. The number of fused-ring (bicyclic) bond motifs is 1. The van der Waals surface area contributed by atoms with Crippen LogP contribution in [0, 0.1) is 22.7 Å². The molecule has 2 heteroatoms. The maximum Gasteiger partial charge on any atom is 0.140 e. The second-order valence-electron chi connectivity index (χ2n) is 6.64. The van der Waals surface area contributed by atoms with Crippen molar-refractivity contribution < 1.29 is 9.59 Å². The van der Waals surface area contributed by atoms with Crippen molar-refractivity contribution in [2.75, 3.05) is 0 Å². The molecule has 17 heavy (non-hydrogen) atoms. The van der Waals surface area contributed by atoms with Crippen molar-refractivity contribution >= 4 is 11.6 Å². The number of rotatable bonds is 0. The number of allylic oxidation sites excluding steroid dienone is 1.